The monoisotopic (exact) mass is 504 g/mol. The van der Waals surface area contributed by atoms with Crippen molar-refractivity contribution in [2.24, 2.45) is 0 Å². The molecule has 3 heterocycles. The quantitative estimate of drug-likeness (QED) is 0.242. The van der Waals surface area contributed by atoms with E-state index in [4.69, 9.17) is 18.9 Å². The van der Waals surface area contributed by atoms with Gasteiger partial charge in [0.2, 0.25) is 5.89 Å². The van der Waals surface area contributed by atoms with Crippen molar-refractivity contribution in [2.75, 3.05) is 44.3 Å². The molecule has 0 bridgehead atoms. The van der Waals surface area contributed by atoms with Gasteiger partial charge in [-0.15, -0.1) is 6.58 Å². The first kappa shape index (κ1) is 26.4. The Morgan fingerprint density at radius 3 is 2.81 bits per heavy atom. The van der Waals surface area contributed by atoms with Crippen LogP contribution in [0, 0.1) is 6.92 Å². The Morgan fingerprint density at radius 1 is 1.24 bits per heavy atom. The summed E-state index contributed by atoms with van der Waals surface area (Å²) in [7, 11) is 0. The van der Waals surface area contributed by atoms with E-state index in [1.807, 2.05) is 61.3 Å². The molecule has 4 rings (SSSR count). The summed E-state index contributed by atoms with van der Waals surface area (Å²) in [6.45, 7) is 11.9. The number of hydrogen-bond donors (Lipinski definition) is 0. The summed E-state index contributed by atoms with van der Waals surface area (Å²) >= 11 is 0. The van der Waals surface area contributed by atoms with Crippen LogP contribution in [-0.4, -0.2) is 60.2 Å². The average molecular weight is 505 g/mol. The number of aromatic nitrogens is 2. The van der Waals surface area contributed by atoms with Gasteiger partial charge in [-0.1, -0.05) is 18.2 Å². The standard InChI is InChI=1S/C29H36N4O4/c1-4-14-32(21-28(34)35-5-2)20-23-9-8-10-25(18-23)36-17-13-26-22(3)37-29(31-26)24-11-12-27(30-19-24)33-15-6-7-16-33/h4,8-12,18-19H,1,5-7,13-17,20-21H2,2-3H3. The highest BCUT2D eigenvalue weighted by atomic mass is 16.5. The SMILES string of the molecule is C=CCN(CC(=O)OCC)Cc1cccc(OCCc2nc(-c3ccc(N4CCCC4)nc3)oc2C)c1. The first-order valence-corrected chi connectivity index (χ1v) is 12.9. The Kier molecular flexibility index (Phi) is 9.32. The molecule has 1 aliphatic heterocycles. The van der Waals surface area contributed by atoms with E-state index in [0.29, 0.717) is 38.6 Å². The molecule has 3 aromatic rings. The number of carbonyl (C=O) groups excluding carboxylic acids is 1. The van der Waals surface area contributed by atoms with Gasteiger partial charge in [0.1, 0.15) is 17.3 Å². The number of ether oxygens (including phenoxy) is 2. The number of aryl methyl sites for hydroxylation is 1. The van der Waals surface area contributed by atoms with Crippen LogP contribution in [0.15, 0.2) is 59.7 Å². The highest BCUT2D eigenvalue weighted by Gasteiger charge is 2.16. The minimum Gasteiger partial charge on any atom is -0.493 e. The molecule has 0 aliphatic carbocycles. The largest absolute Gasteiger partial charge is 0.493 e. The average Bonchev–Trinajstić information content (AvgIpc) is 3.55. The lowest BCUT2D eigenvalue weighted by atomic mass is 10.2. The molecule has 8 nitrogen and oxygen atoms in total. The molecule has 0 N–H and O–H groups in total. The van der Waals surface area contributed by atoms with E-state index in [2.05, 4.69) is 16.5 Å². The molecule has 37 heavy (non-hydrogen) atoms. The van der Waals surface area contributed by atoms with Crippen molar-refractivity contribution in [2.45, 2.75) is 39.7 Å². The molecular formula is C29H36N4O4. The fraction of sp³-hybridized carbons (Fsp3) is 0.414. The van der Waals surface area contributed by atoms with E-state index in [9.17, 15) is 4.79 Å². The molecule has 1 fully saturated rings. The third-order valence-corrected chi connectivity index (χ3v) is 6.28. The lowest BCUT2D eigenvalue weighted by Gasteiger charge is -2.20. The fourth-order valence-corrected chi connectivity index (χ4v) is 4.44. The third-order valence-electron chi connectivity index (χ3n) is 6.28. The number of hydrogen-bond acceptors (Lipinski definition) is 8. The van der Waals surface area contributed by atoms with Crippen LogP contribution in [-0.2, 0) is 22.5 Å². The van der Waals surface area contributed by atoms with Gasteiger partial charge in [0.15, 0.2) is 0 Å². The smallest absolute Gasteiger partial charge is 0.320 e. The number of rotatable bonds is 13. The number of oxazole rings is 1. The Hall–Kier alpha value is -3.65. The Labute approximate surface area is 218 Å². The van der Waals surface area contributed by atoms with Crippen molar-refractivity contribution in [3.8, 4) is 17.2 Å². The molecular weight excluding hydrogens is 468 g/mol. The molecule has 196 valence electrons. The van der Waals surface area contributed by atoms with Gasteiger partial charge in [0.05, 0.1) is 31.0 Å². The number of esters is 1. The van der Waals surface area contributed by atoms with Crippen LogP contribution in [0.25, 0.3) is 11.5 Å². The van der Waals surface area contributed by atoms with Crippen LogP contribution in [0.1, 0.15) is 36.8 Å². The van der Waals surface area contributed by atoms with Crippen LogP contribution in [0.3, 0.4) is 0 Å². The maximum absolute atomic E-state index is 11.9. The molecule has 1 aromatic carbocycles. The number of benzene rings is 1. The molecule has 0 spiro atoms. The Bertz CT molecular complexity index is 1170. The second-order valence-electron chi connectivity index (χ2n) is 9.13. The number of carbonyl (C=O) groups is 1. The molecule has 2 aromatic heterocycles. The first-order chi connectivity index (χ1) is 18.1. The van der Waals surface area contributed by atoms with E-state index < -0.39 is 0 Å². The zero-order valence-corrected chi connectivity index (χ0v) is 21.8. The Balaban J connectivity index is 1.31. The van der Waals surface area contributed by atoms with Gasteiger partial charge in [-0.25, -0.2) is 9.97 Å². The topological polar surface area (TPSA) is 80.9 Å². The number of nitrogens with zero attached hydrogens (tertiary/aromatic N) is 4. The van der Waals surface area contributed by atoms with Gasteiger partial charge in [-0.3, -0.25) is 9.69 Å². The van der Waals surface area contributed by atoms with Crippen molar-refractivity contribution >= 4 is 11.8 Å². The predicted octanol–water partition coefficient (Wildman–Crippen LogP) is 4.82. The molecule has 0 radical (unpaired) electrons. The van der Waals surface area contributed by atoms with Crippen LogP contribution in [0.4, 0.5) is 5.82 Å². The first-order valence-electron chi connectivity index (χ1n) is 12.9. The normalized spacial score (nSPS) is 13.2. The van der Waals surface area contributed by atoms with E-state index in [1.165, 1.54) is 12.8 Å². The second-order valence-corrected chi connectivity index (χ2v) is 9.13. The van der Waals surface area contributed by atoms with E-state index in [-0.39, 0.29) is 12.5 Å². The minimum atomic E-state index is -0.238. The van der Waals surface area contributed by atoms with E-state index in [0.717, 1.165) is 47.2 Å². The van der Waals surface area contributed by atoms with Gasteiger partial charge in [-0.2, -0.15) is 0 Å². The van der Waals surface area contributed by atoms with Crippen molar-refractivity contribution in [3.05, 3.63) is 72.3 Å². The lowest BCUT2D eigenvalue weighted by molar-refractivity contribution is -0.144. The van der Waals surface area contributed by atoms with Crippen molar-refractivity contribution in [1.82, 2.24) is 14.9 Å². The molecule has 1 aliphatic rings. The van der Waals surface area contributed by atoms with Gasteiger partial charge in [0.25, 0.3) is 0 Å². The van der Waals surface area contributed by atoms with Gasteiger partial charge in [-0.05, 0) is 56.5 Å². The summed E-state index contributed by atoms with van der Waals surface area (Å²) in [6.07, 6.45) is 6.70. The number of pyridine rings is 1. The van der Waals surface area contributed by atoms with Crippen molar-refractivity contribution in [3.63, 3.8) is 0 Å². The molecule has 0 saturated carbocycles. The third kappa shape index (κ3) is 7.43. The lowest BCUT2D eigenvalue weighted by Crippen LogP contribution is -2.30. The number of anilines is 1. The predicted molar refractivity (Wildman–Crippen MR) is 144 cm³/mol. The second kappa shape index (κ2) is 13.1. The fourth-order valence-electron chi connectivity index (χ4n) is 4.44. The summed E-state index contributed by atoms with van der Waals surface area (Å²) in [6, 6.07) is 12.0. The summed E-state index contributed by atoms with van der Waals surface area (Å²) < 4.78 is 17.0. The van der Waals surface area contributed by atoms with E-state index >= 15 is 0 Å². The minimum absolute atomic E-state index is 0.217. The summed E-state index contributed by atoms with van der Waals surface area (Å²) in [5.74, 6) is 2.91. The maximum Gasteiger partial charge on any atom is 0.320 e. The molecule has 0 atom stereocenters. The van der Waals surface area contributed by atoms with Crippen molar-refractivity contribution < 1.29 is 18.7 Å². The zero-order chi connectivity index (χ0) is 26.0. The summed E-state index contributed by atoms with van der Waals surface area (Å²) in [4.78, 5) is 25.5. The van der Waals surface area contributed by atoms with Gasteiger partial charge in [0, 0.05) is 38.8 Å². The van der Waals surface area contributed by atoms with Crippen LogP contribution in [0.2, 0.25) is 0 Å². The molecule has 0 unspecified atom stereocenters. The van der Waals surface area contributed by atoms with Gasteiger partial charge < -0.3 is 18.8 Å². The van der Waals surface area contributed by atoms with Crippen LogP contribution >= 0.6 is 0 Å². The summed E-state index contributed by atoms with van der Waals surface area (Å²) in [5.41, 5.74) is 2.80. The highest BCUT2D eigenvalue weighted by molar-refractivity contribution is 5.71. The maximum atomic E-state index is 11.9. The van der Waals surface area contributed by atoms with Gasteiger partial charge >= 0.3 is 5.97 Å². The molecule has 8 heteroatoms. The molecule has 0 amide bonds. The Morgan fingerprint density at radius 2 is 2.08 bits per heavy atom. The van der Waals surface area contributed by atoms with Crippen molar-refractivity contribution in [1.29, 1.82) is 0 Å². The van der Waals surface area contributed by atoms with Crippen LogP contribution in [0.5, 0.6) is 5.75 Å². The van der Waals surface area contributed by atoms with Crippen LogP contribution < -0.4 is 9.64 Å². The highest BCUT2D eigenvalue weighted by Crippen LogP contribution is 2.25. The molecule has 1 saturated heterocycles. The zero-order valence-electron chi connectivity index (χ0n) is 21.8. The van der Waals surface area contributed by atoms with E-state index in [1.54, 1.807) is 6.08 Å². The summed E-state index contributed by atoms with van der Waals surface area (Å²) in [5, 5.41) is 0.